The average molecular weight is 318 g/mol. The monoisotopic (exact) mass is 317 g/mol. The number of aromatic nitrogens is 1. The van der Waals surface area contributed by atoms with Gasteiger partial charge in [0.25, 0.3) is 0 Å². The van der Waals surface area contributed by atoms with E-state index in [1.165, 1.54) is 11.8 Å². The van der Waals surface area contributed by atoms with Crippen molar-refractivity contribution in [3.05, 3.63) is 53.2 Å². The van der Waals surface area contributed by atoms with Gasteiger partial charge in [-0.3, -0.25) is 4.79 Å². The summed E-state index contributed by atoms with van der Waals surface area (Å²) in [6, 6.07) is 12.4. The highest BCUT2D eigenvalue weighted by atomic mass is 35.5. The first kappa shape index (κ1) is 15.4. The first-order valence-corrected chi connectivity index (χ1v) is 7.44. The van der Waals surface area contributed by atoms with Gasteiger partial charge in [0, 0.05) is 6.20 Å². The predicted molar refractivity (Wildman–Crippen MR) is 84.4 cm³/mol. The summed E-state index contributed by atoms with van der Waals surface area (Å²) in [5, 5.41) is 12.5. The van der Waals surface area contributed by atoms with Crippen LogP contribution in [-0.2, 0) is 4.79 Å². The molecule has 2 aromatic rings. The number of anilines is 1. The summed E-state index contributed by atoms with van der Waals surface area (Å²) < 4.78 is 0. The molecule has 0 unspecified atom stereocenters. The maximum absolute atomic E-state index is 12.2. The summed E-state index contributed by atoms with van der Waals surface area (Å²) in [6.45, 7) is 1.76. The molecule has 0 aliphatic rings. The normalized spacial score (nSPS) is 11.5. The number of thioether (sulfide) groups is 1. The summed E-state index contributed by atoms with van der Waals surface area (Å²) in [6.07, 6.45) is 1.63. The number of carbonyl (C=O) groups is 1. The largest absolute Gasteiger partial charge is 0.324 e. The van der Waals surface area contributed by atoms with Crippen LogP contribution in [0.1, 0.15) is 12.5 Å². The molecule has 2 rings (SSSR count). The van der Waals surface area contributed by atoms with Gasteiger partial charge in [0.2, 0.25) is 5.91 Å². The van der Waals surface area contributed by atoms with Gasteiger partial charge >= 0.3 is 0 Å². The lowest BCUT2D eigenvalue weighted by Crippen LogP contribution is -2.23. The van der Waals surface area contributed by atoms with Crippen LogP contribution >= 0.6 is 23.4 Å². The van der Waals surface area contributed by atoms with Gasteiger partial charge in [-0.1, -0.05) is 35.5 Å². The number of nitriles is 1. The topological polar surface area (TPSA) is 65.8 Å². The summed E-state index contributed by atoms with van der Waals surface area (Å²) in [7, 11) is 0. The number of para-hydroxylation sites is 1. The minimum absolute atomic E-state index is 0.204. The van der Waals surface area contributed by atoms with Crippen LogP contribution in [0.25, 0.3) is 0 Å². The van der Waals surface area contributed by atoms with E-state index in [1.807, 2.05) is 6.07 Å². The highest BCUT2D eigenvalue weighted by Gasteiger charge is 2.17. The molecule has 0 saturated heterocycles. The number of hydrogen-bond acceptors (Lipinski definition) is 4. The maximum Gasteiger partial charge on any atom is 0.237 e. The van der Waals surface area contributed by atoms with Gasteiger partial charge in [0.15, 0.2) is 0 Å². The number of benzene rings is 1. The van der Waals surface area contributed by atoms with E-state index in [9.17, 15) is 4.79 Å². The van der Waals surface area contributed by atoms with Gasteiger partial charge in [0.1, 0.15) is 11.1 Å². The molecule has 1 N–H and O–H groups in total. The zero-order chi connectivity index (χ0) is 15.2. The van der Waals surface area contributed by atoms with Crippen molar-refractivity contribution in [2.45, 2.75) is 17.2 Å². The van der Waals surface area contributed by atoms with Crippen LogP contribution in [0.15, 0.2) is 47.6 Å². The molecule has 0 radical (unpaired) electrons. The molecule has 0 fully saturated rings. The van der Waals surface area contributed by atoms with Crippen LogP contribution in [0.5, 0.6) is 0 Å². The van der Waals surface area contributed by atoms with Crippen LogP contribution < -0.4 is 5.32 Å². The number of halogens is 1. The molecule has 1 amide bonds. The quantitative estimate of drug-likeness (QED) is 0.873. The fourth-order valence-electron chi connectivity index (χ4n) is 1.60. The number of rotatable bonds is 4. The van der Waals surface area contributed by atoms with Crippen LogP contribution in [-0.4, -0.2) is 16.1 Å². The van der Waals surface area contributed by atoms with Gasteiger partial charge in [-0.2, -0.15) is 5.26 Å². The van der Waals surface area contributed by atoms with Gasteiger partial charge in [-0.05, 0) is 31.2 Å². The Morgan fingerprint density at radius 2 is 2.14 bits per heavy atom. The highest BCUT2D eigenvalue weighted by molar-refractivity contribution is 8.00. The Balaban J connectivity index is 2.07. The minimum atomic E-state index is -0.385. The van der Waals surface area contributed by atoms with E-state index in [1.54, 1.807) is 49.5 Å². The molecular formula is C15H12ClN3OS. The molecule has 1 heterocycles. The van der Waals surface area contributed by atoms with Gasteiger partial charge in [-0.25, -0.2) is 4.98 Å². The Kier molecular flexibility index (Phi) is 5.20. The summed E-state index contributed by atoms with van der Waals surface area (Å²) in [5.41, 5.74) is 0.934. The molecular weight excluding hydrogens is 306 g/mol. The molecule has 1 aromatic heterocycles. The van der Waals surface area contributed by atoms with Crippen molar-refractivity contribution >= 4 is 35.0 Å². The molecule has 0 bridgehead atoms. The number of nitrogens with zero attached hydrogens (tertiary/aromatic N) is 2. The summed E-state index contributed by atoms with van der Waals surface area (Å²) >= 11 is 7.30. The van der Waals surface area contributed by atoms with Crippen molar-refractivity contribution < 1.29 is 4.79 Å². The standard InChI is InChI=1S/C15H12ClN3OS/c1-10(21-15-12(16)6-4-8-18-15)14(20)19-13-7-3-2-5-11(13)9-17/h2-8,10H,1H3,(H,19,20)/t10-/m0/s1. The molecule has 0 saturated carbocycles. The predicted octanol–water partition coefficient (Wildman–Crippen LogP) is 3.73. The van der Waals surface area contributed by atoms with E-state index < -0.39 is 0 Å². The van der Waals surface area contributed by atoms with Crippen molar-refractivity contribution in [3.8, 4) is 6.07 Å². The lowest BCUT2D eigenvalue weighted by molar-refractivity contribution is -0.115. The van der Waals surface area contributed by atoms with E-state index >= 15 is 0 Å². The zero-order valence-electron chi connectivity index (χ0n) is 11.2. The van der Waals surface area contributed by atoms with E-state index in [0.717, 1.165) is 0 Å². The van der Waals surface area contributed by atoms with Gasteiger partial charge in [0.05, 0.1) is 21.5 Å². The lowest BCUT2D eigenvalue weighted by atomic mass is 10.2. The van der Waals surface area contributed by atoms with Crippen molar-refractivity contribution in [2.75, 3.05) is 5.32 Å². The first-order chi connectivity index (χ1) is 10.1. The smallest absolute Gasteiger partial charge is 0.237 e. The second-order valence-corrected chi connectivity index (χ2v) is 5.93. The third-order valence-electron chi connectivity index (χ3n) is 2.69. The van der Waals surface area contributed by atoms with Crippen LogP contribution in [0.3, 0.4) is 0 Å². The van der Waals surface area contributed by atoms with Crippen molar-refractivity contribution in [2.24, 2.45) is 0 Å². The number of pyridine rings is 1. The van der Waals surface area contributed by atoms with Crippen LogP contribution in [0.2, 0.25) is 5.02 Å². The Labute approximate surface area is 132 Å². The summed E-state index contributed by atoms with van der Waals surface area (Å²) in [5.74, 6) is -0.204. The number of nitrogens with one attached hydrogen (secondary N) is 1. The fourth-order valence-corrected chi connectivity index (χ4v) is 2.66. The first-order valence-electron chi connectivity index (χ1n) is 6.19. The molecule has 0 aliphatic carbocycles. The average Bonchev–Trinajstić information content (AvgIpc) is 2.50. The van der Waals surface area contributed by atoms with Crippen molar-refractivity contribution in [1.82, 2.24) is 4.98 Å². The molecule has 106 valence electrons. The third kappa shape index (κ3) is 3.97. The summed E-state index contributed by atoms with van der Waals surface area (Å²) in [4.78, 5) is 16.3. The van der Waals surface area contributed by atoms with Gasteiger partial charge in [-0.15, -0.1) is 0 Å². The molecule has 6 heteroatoms. The molecule has 0 aliphatic heterocycles. The third-order valence-corrected chi connectivity index (χ3v) is 4.22. The lowest BCUT2D eigenvalue weighted by Gasteiger charge is -2.12. The number of hydrogen-bond donors (Lipinski definition) is 1. The Morgan fingerprint density at radius 3 is 2.86 bits per heavy atom. The van der Waals surface area contributed by atoms with Crippen LogP contribution in [0, 0.1) is 11.3 Å². The molecule has 0 spiro atoms. The Hall–Kier alpha value is -2.03. The van der Waals surface area contributed by atoms with Crippen molar-refractivity contribution in [3.63, 3.8) is 0 Å². The SMILES string of the molecule is C[C@H](Sc1ncccc1Cl)C(=O)Nc1ccccc1C#N. The van der Waals surface area contributed by atoms with Crippen LogP contribution in [0.4, 0.5) is 5.69 Å². The van der Waals surface area contributed by atoms with Gasteiger partial charge < -0.3 is 5.32 Å². The highest BCUT2D eigenvalue weighted by Crippen LogP contribution is 2.28. The Morgan fingerprint density at radius 1 is 1.38 bits per heavy atom. The second kappa shape index (κ2) is 7.11. The number of amides is 1. The zero-order valence-corrected chi connectivity index (χ0v) is 12.8. The van der Waals surface area contributed by atoms with E-state index in [0.29, 0.717) is 21.3 Å². The second-order valence-electron chi connectivity index (χ2n) is 4.20. The van der Waals surface area contributed by atoms with E-state index in [4.69, 9.17) is 16.9 Å². The maximum atomic E-state index is 12.2. The molecule has 1 aromatic carbocycles. The number of carbonyl (C=O) groups excluding carboxylic acids is 1. The Bertz CT molecular complexity index is 699. The van der Waals surface area contributed by atoms with E-state index in [2.05, 4.69) is 10.3 Å². The van der Waals surface area contributed by atoms with E-state index in [-0.39, 0.29) is 11.2 Å². The molecule has 1 atom stereocenters. The molecule has 21 heavy (non-hydrogen) atoms. The van der Waals surface area contributed by atoms with Crippen molar-refractivity contribution in [1.29, 1.82) is 5.26 Å². The molecule has 4 nitrogen and oxygen atoms in total. The fraction of sp³-hybridized carbons (Fsp3) is 0.133. The minimum Gasteiger partial charge on any atom is -0.324 e.